The van der Waals surface area contributed by atoms with Crippen molar-refractivity contribution < 1.29 is 14.2 Å². The Morgan fingerprint density at radius 2 is 2.03 bits per heavy atom. The van der Waals surface area contributed by atoms with Gasteiger partial charge in [-0.15, -0.1) is 5.10 Å². The molecule has 0 radical (unpaired) electrons. The van der Waals surface area contributed by atoms with Gasteiger partial charge in [-0.1, -0.05) is 18.2 Å². The van der Waals surface area contributed by atoms with Gasteiger partial charge in [-0.25, -0.2) is 4.68 Å². The Balaban J connectivity index is 1.53. The zero-order valence-corrected chi connectivity index (χ0v) is 18.0. The highest BCUT2D eigenvalue weighted by Crippen LogP contribution is 2.39. The first-order valence-electron chi connectivity index (χ1n) is 10.8. The molecule has 6 rings (SSSR count). The number of nitrogens with zero attached hydrogens (tertiary/aromatic N) is 5. The van der Waals surface area contributed by atoms with E-state index in [1.54, 1.807) is 17.9 Å². The molecule has 2 aliphatic rings. The fraction of sp³-hybridized carbons (Fsp3) is 0.304. The molecule has 2 aromatic heterocycles. The minimum Gasteiger partial charge on any atom is -0.454 e. The summed E-state index contributed by atoms with van der Waals surface area (Å²) in [6.45, 7) is 1.86. The second-order valence-corrected chi connectivity index (χ2v) is 8.07. The number of methoxy groups -OCH3 is 1. The number of tetrazole rings is 1. The third-order valence-electron chi connectivity index (χ3n) is 6.21. The largest absolute Gasteiger partial charge is 0.454 e. The van der Waals surface area contributed by atoms with Crippen molar-refractivity contribution >= 4 is 16.6 Å². The van der Waals surface area contributed by atoms with Crippen LogP contribution in [0.5, 0.6) is 11.5 Å². The zero-order chi connectivity index (χ0) is 22.4. The number of H-pyrrole nitrogens is 1. The summed E-state index contributed by atoms with van der Waals surface area (Å²) in [6, 6.07) is 13.3. The van der Waals surface area contributed by atoms with E-state index in [9.17, 15) is 4.79 Å². The number of benzene rings is 2. The van der Waals surface area contributed by atoms with E-state index in [-0.39, 0.29) is 12.4 Å². The number of pyridine rings is 1. The molecular weight excluding hydrogens is 424 g/mol. The Hall–Kier alpha value is -3.92. The van der Waals surface area contributed by atoms with Crippen LogP contribution < -0.4 is 19.9 Å². The van der Waals surface area contributed by atoms with E-state index in [4.69, 9.17) is 14.2 Å². The van der Waals surface area contributed by atoms with Gasteiger partial charge in [0.2, 0.25) is 6.79 Å². The van der Waals surface area contributed by atoms with Crippen LogP contribution in [0.15, 0.2) is 47.3 Å². The van der Waals surface area contributed by atoms with Crippen LogP contribution in [-0.4, -0.2) is 52.2 Å². The van der Waals surface area contributed by atoms with E-state index in [1.807, 2.05) is 24.3 Å². The third kappa shape index (κ3) is 3.30. The molecule has 1 N–H and O–H groups in total. The number of hydrogen-bond donors (Lipinski definition) is 1. The molecule has 10 heteroatoms. The van der Waals surface area contributed by atoms with E-state index in [1.165, 1.54) is 5.56 Å². The maximum Gasteiger partial charge on any atom is 0.254 e. The SMILES string of the molecule is COCCn1nnnc1[C@@H](c1cc2cc3c(cc2[nH]c1=O)OCO3)N1CCc2ccccc21. The molecule has 0 unspecified atom stereocenters. The second-order valence-electron chi connectivity index (χ2n) is 8.07. The van der Waals surface area contributed by atoms with Gasteiger partial charge in [0, 0.05) is 36.4 Å². The second kappa shape index (κ2) is 7.89. The molecule has 0 bridgehead atoms. The number of fused-ring (bicyclic) bond motifs is 3. The summed E-state index contributed by atoms with van der Waals surface area (Å²) < 4.78 is 18.0. The van der Waals surface area contributed by atoms with Gasteiger partial charge in [-0.3, -0.25) is 4.79 Å². The lowest BCUT2D eigenvalue weighted by atomic mass is 10.0. The fourth-order valence-corrected chi connectivity index (χ4v) is 4.64. The Morgan fingerprint density at radius 1 is 1.18 bits per heavy atom. The highest BCUT2D eigenvalue weighted by atomic mass is 16.7. The molecule has 10 nitrogen and oxygen atoms in total. The predicted molar refractivity (Wildman–Crippen MR) is 120 cm³/mol. The van der Waals surface area contributed by atoms with Crippen LogP contribution in [0.2, 0.25) is 0 Å². The number of anilines is 1. The first kappa shape index (κ1) is 19.7. The molecule has 0 fully saturated rings. The Labute approximate surface area is 188 Å². The van der Waals surface area contributed by atoms with Gasteiger partial charge in [0.15, 0.2) is 17.3 Å². The summed E-state index contributed by atoms with van der Waals surface area (Å²) >= 11 is 0. The van der Waals surface area contributed by atoms with Gasteiger partial charge in [-0.05, 0) is 40.6 Å². The quantitative estimate of drug-likeness (QED) is 0.480. The molecule has 0 saturated heterocycles. The number of ether oxygens (including phenoxy) is 3. The number of aromatic nitrogens is 5. The summed E-state index contributed by atoms with van der Waals surface area (Å²) in [5, 5.41) is 13.3. The number of aromatic amines is 1. The Kier molecular flexibility index (Phi) is 4.72. The smallest absolute Gasteiger partial charge is 0.254 e. The number of hydrogen-bond acceptors (Lipinski definition) is 8. The van der Waals surface area contributed by atoms with Gasteiger partial charge < -0.3 is 24.1 Å². The highest BCUT2D eigenvalue weighted by molar-refractivity contribution is 5.83. The topological polar surface area (TPSA) is 107 Å². The maximum atomic E-state index is 13.4. The molecule has 4 heterocycles. The third-order valence-corrected chi connectivity index (χ3v) is 6.21. The van der Waals surface area contributed by atoms with E-state index in [2.05, 4.69) is 37.5 Å². The molecule has 0 amide bonds. The average molecular weight is 446 g/mol. The van der Waals surface area contributed by atoms with Crippen LogP contribution >= 0.6 is 0 Å². The number of rotatable bonds is 6. The van der Waals surface area contributed by atoms with Crippen LogP contribution in [-0.2, 0) is 17.7 Å². The van der Waals surface area contributed by atoms with E-state index in [0.717, 1.165) is 24.0 Å². The van der Waals surface area contributed by atoms with Crippen molar-refractivity contribution in [3.63, 3.8) is 0 Å². The first-order chi connectivity index (χ1) is 16.2. The van der Waals surface area contributed by atoms with Gasteiger partial charge >= 0.3 is 0 Å². The van der Waals surface area contributed by atoms with Gasteiger partial charge in [-0.2, -0.15) is 0 Å². The summed E-state index contributed by atoms with van der Waals surface area (Å²) in [5.41, 5.74) is 3.36. The van der Waals surface area contributed by atoms with E-state index < -0.39 is 6.04 Å². The lowest BCUT2D eigenvalue weighted by molar-refractivity contribution is 0.174. The van der Waals surface area contributed by atoms with E-state index >= 15 is 0 Å². The molecule has 168 valence electrons. The molecule has 4 aromatic rings. The number of nitrogens with one attached hydrogen (secondary N) is 1. The van der Waals surface area contributed by atoms with Crippen LogP contribution in [0.3, 0.4) is 0 Å². The van der Waals surface area contributed by atoms with Crippen molar-refractivity contribution in [1.29, 1.82) is 0 Å². The molecule has 0 aliphatic carbocycles. The normalized spacial score (nSPS) is 15.2. The van der Waals surface area contributed by atoms with Gasteiger partial charge in [0.25, 0.3) is 5.56 Å². The van der Waals surface area contributed by atoms with E-state index in [0.29, 0.717) is 41.6 Å². The van der Waals surface area contributed by atoms with Crippen LogP contribution in [0, 0.1) is 0 Å². The van der Waals surface area contributed by atoms with Crippen molar-refractivity contribution in [3.8, 4) is 11.5 Å². The first-order valence-corrected chi connectivity index (χ1v) is 10.8. The molecular formula is C23H22N6O4. The number of para-hydroxylation sites is 1. The summed E-state index contributed by atoms with van der Waals surface area (Å²) in [7, 11) is 1.64. The van der Waals surface area contributed by atoms with Gasteiger partial charge in [0.1, 0.15) is 6.04 Å². The minimum absolute atomic E-state index is 0.171. The standard InChI is InChI=1S/C23H22N6O4/c1-31-9-8-29-22(25-26-27-29)21(28-7-6-14-4-2-3-5-18(14)28)16-10-15-11-19-20(33-13-32-19)12-17(15)24-23(16)30/h2-5,10-12,21H,6-9,13H2,1H3,(H,24,30)/t21-/m1/s1. The molecule has 0 saturated carbocycles. The van der Waals surface area contributed by atoms with Crippen molar-refractivity contribution in [1.82, 2.24) is 25.2 Å². The summed E-state index contributed by atoms with van der Waals surface area (Å²) in [4.78, 5) is 18.6. The molecule has 0 spiro atoms. The van der Waals surface area contributed by atoms with Crippen LogP contribution in [0.4, 0.5) is 5.69 Å². The van der Waals surface area contributed by atoms with Crippen molar-refractivity contribution in [2.45, 2.75) is 19.0 Å². The molecule has 2 aromatic carbocycles. The lowest BCUT2D eigenvalue weighted by Crippen LogP contribution is -2.34. The Bertz CT molecular complexity index is 1400. The molecule has 2 aliphatic heterocycles. The molecule has 33 heavy (non-hydrogen) atoms. The van der Waals surface area contributed by atoms with Crippen molar-refractivity contribution in [3.05, 3.63) is 69.8 Å². The lowest BCUT2D eigenvalue weighted by Gasteiger charge is -2.29. The van der Waals surface area contributed by atoms with Crippen molar-refractivity contribution in [2.24, 2.45) is 0 Å². The predicted octanol–water partition coefficient (Wildman–Crippen LogP) is 2.04. The highest BCUT2D eigenvalue weighted by Gasteiger charge is 2.34. The zero-order valence-electron chi connectivity index (χ0n) is 18.0. The van der Waals surface area contributed by atoms with Crippen LogP contribution in [0.1, 0.15) is 23.0 Å². The van der Waals surface area contributed by atoms with Crippen LogP contribution in [0.25, 0.3) is 10.9 Å². The molecule has 1 atom stereocenters. The summed E-state index contributed by atoms with van der Waals surface area (Å²) in [5.74, 6) is 1.88. The average Bonchev–Trinajstić information content (AvgIpc) is 3.57. The Morgan fingerprint density at radius 3 is 2.91 bits per heavy atom. The monoisotopic (exact) mass is 446 g/mol. The fourth-order valence-electron chi connectivity index (χ4n) is 4.64. The maximum absolute atomic E-state index is 13.4. The minimum atomic E-state index is -0.473. The summed E-state index contributed by atoms with van der Waals surface area (Å²) in [6.07, 6.45) is 0.885. The van der Waals surface area contributed by atoms with Gasteiger partial charge in [0.05, 0.1) is 18.7 Å². The van der Waals surface area contributed by atoms with Crippen molar-refractivity contribution in [2.75, 3.05) is 32.0 Å².